The summed E-state index contributed by atoms with van der Waals surface area (Å²) >= 11 is 7.36. The molecule has 0 unspecified atom stereocenters. The van der Waals surface area contributed by atoms with E-state index in [2.05, 4.69) is 10.3 Å². The van der Waals surface area contributed by atoms with Gasteiger partial charge in [-0.25, -0.2) is 13.4 Å². The largest absolute Gasteiger partial charge is 0.298 e. The Morgan fingerprint density at radius 1 is 1.23 bits per heavy atom. The average Bonchev–Trinajstić information content (AvgIpc) is 3.19. The van der Waals surface area contributed by atoms with E-state index >= 15 is 0 Å². The number of hydrogen-bond acceptors (Lipinski definition) is 5. The van der Waals surface area contributed by atoms with Crippen LogP contribution in [0.1, 0.15) is 27.7 Å². The minimum absolute atomic E-state index is 0.170. The molecule has 1 amide bonds. The van der Waals surface area contributed by atoms with E-state index in [4.69, 9.17) is 11.6 Å². The van der Waals surface area contributed by atoms with E-state index in [0.717, 1.165) is 21.7 Å². The van der Waals surface area contributed by atoms with Crippen LogP contribution >= 0.6 is 22.9 Å². The Morgan fingerprint density at radius 3 is 2.60 bits per heavy atom. The molecule has 1 N–H and O–H groups in total. The molecule has 6 nitrogen and oxygen atoms in total. The van der Waals surface area contributed by atoms with Crippen LogP contribution in [0, 0.1) is 6.92 Å². The zero-order valence-corrected chi connectivity index (χ0v) is 19.0. The predicted molar refractivity (Wildman–Crippen MR) is 122 cm³/mol. The zero-order chi connectivity index (χ0) is 21.6. The fraction of sp³-hybridized carbons (Fsp3) is 0.238. The second-order valence-electron chi connectivity index (χ2n) is 7.34. The molecule has 0 saturated carbocycles. The van der Waals surface area contributed by atoms with Crippen LogP contribution < -0.4 is 9.62 Å². The van der Waals surface area contributed by atoms with Gasteiger partial charge in [0.15, 0.2) is 5.13 Å². The van der Waals surface area contributed by atoms with Crippen molar-refractivity contribution in [2.75, 3.05) is 15.9 Å². The van der Waals surface area contributed by atoms with Gasteiger partial charge in [-0.05, 0) is 56.2 Å². The molecule has 0 fully saturated rings. The smallest absolute Gasteiger partial charge is 0.257 e. The quantitative estimate of drug-likeness (QED) is 0.608. The minimum atomic E-state index is -3.36. The van der Waals surface area contributed by atoms with Crippen molar-refractivity contribution < 1.29 is 13.2 Å². The van der Waals surface area contributed by atoms with E-state index in [1.54, 1.807) is 30.3 Å². The number of sulfonamides is 1. The van der Waals surface area contributed by atoms with Gasteiger partial charge in [-0.1, -0.05) is 23.7 Å². The van der Waals surface area contributed by atoms with Crippen LogP contribution in [0.5, 0.6) is 0 Å². The molecular weight excluding hydrogens is 442 g/mol. The highest BCUT2D eigenvalue weighted by atomic mass is 35.5. The molecule has 1 atom stereocenters. The van der Waals surface area contributed by atoms with Gasteiger partial charge < -0.3 is 0 Å². The van der Waals surface area contributed by atoms with Crippen LogP contribution in [0.2, 0.25) is 5.02 Å². The molecular formula is C21H20ClN3O3S2. The van der Waals surface area contributed by atoms with Crippen molar-refractivity contribution in [3.8, 4) is 11.3 Å². The number of benzene rings is 2. The van der Waals surface area contributed by atoms with Crippen LogP contribution in [0.4, 0.5) is 10.8 Å². The lowest BCUT2D eigenvalue weighted by Crippen LogP contribution is -2.34. The Morgan fingerprint density at radius 2 is 1.93 bits per heavy atom. The zero-order valence-electron chi connectivity index (χ0n) is 16.6. The Bertz CT molecular complexity index is 1240. The van der Waals surface area contributed by atoms with Gasteiger partial charge in [0, 0.05) is 27.1 Å². The van der Waals surface area contributed by atoms with Gasteiger partial charge in [-0.2, -0.15) is 0 Å². The highest BCUT2D eigenvalue weighted by Gasteiger charge is 2.32. The number of nitrogens with one attached hydrogen (secondary N) is 1. The van der Waals surface area contributed by atoms with Gasteiger partial charge in [0.2, 0.25) is 10.0 Å². The maximum atomic E-state index is 12.8. The second kappa shape index (κ2) is 7.68. The molecule has 4 rings (SSSR count). The number of aryl methyl sites for hydroxylation is 1. The number of thiazole rings is 1. The van der Waals surface area contributed by atoms with Gasteiger partial charge in [0.05, 0.1) is 17.6 Å². The molecule has 1 aliphatic rings. The van der Waals surface area contributed by atoms with Crippen molar-refractivity contribution in [1.29, 1.82) is 0 Å². The number of anilines is 2. The highest BCUT2D eigenvalue weighted by molar-refractivity contribution is 7.92. The normalized spacial score (nSPS) is 15.9. The summed E-state index contributed by atoms with van der Waals surface area (Å²) in [6, 6.07) is 12.3. The van der Waals surface area contributed by atoms with Crippen molar-refractivity contribution in [2.24, 2.45) is 0 Å². The first-order chi connectivity index (χ1) is 14.1. The monoisotopic (exact) mass is 461 g/mol. The summed E-state index contributed by atoms with van der Waals surface area (Å²) in [7, 11) is -3.36. The van der Waals surface area contributed by atoms with E-state index in [1.165, 1.54) is 21.9 Å². The molecule has 0 bridgehead atoms. The third-order valence-electron chi connectivity index (χ3n) is 4.99. The van der Waals surface area contributed by atoms with Crippen molar-refractivity contribution >= 4 is 49.7 Å². The summed E-state index contributed by atoms with van der Waals surface area (Å²) in [6.45, 7) is 3.81. The van der Waals surface area contributed by atoms with E-state index in [1.807, 2.05) is 26.0 Å². The molecule has 9 heteroatoms. The molecule has 0 saturated heterocycles. The molecule has 1 aromatic heterocycles. The highest BCUT2D eigenvalue weighted by Crippen LogP contribution is 2.35. The lowest BCUT2D eigenvalue weighted by Gasteiger charge is -2.21. The maximum absolute atomic E-state index is 12.8. The number of amides is 1. The second-order valence-corrected chi connectivity index (χ2v) is 10.8. The standard InChI is InChI=1S/C21H20ClN3O3S2/c1-12-10-16-11-15(6-9-18(16)25(12)30(3,27)28)20(26)24-21-23-19(13(2)29-21)14-4-7-17(22)8-5-14/h4-9,11-12H,10H2,1-3H3,(H,23,24,26)/t12-/m0/s1. The number of nitrogens with zero attached hydrogens (tertiary/aromatic N) is 2. The number of aromatic nitrogens is 1. The van der Waals surface area contributed by atoms with Gasteiger partial charge >= 0.3 is 0 Å². The first kappa shape index (κ1) is 20.8. The summed E-state index contributed by atoms with van der Waals surface area (Å²) in [4.78, 5) is 18.3. The van der Waals surface area contributed by atoms with Gasteiger partial charge in [0.25, 0.3) is 5.91 Å². The molecule has 30 heavy (non-hydrogen) atoms. The van der Waals surface area contributed by atoms with E-state index in [-0.39, 0.29) is 11.9 Å². The molecule has 2 heterocycles. The van der Waals surface area contributed by atoms with Crippen LogP contribution in [-0.2, 0) is 16.4 Å². The molecule has 3 aromatic rings. The Hall–Kier alpha value is -2.42. The topological polar surface area (TPSA) is 79.4 Å². The van der Waals surface area contributed by atoms with Gasteiger partial charge in [0.1, 0.15) is 0 Å². The van der Waals surface area contributed by atoms with E-state index in [0.29, 0.717) is 27.8 Å². The van der Waals surface area contributed by atoms with Crippen molar-refractivity contribution in [3.63, 3.8) is 0 Å². The summed E-state index contributed by atoms with van der Waals surface area (Å²) in [5.74, 6) is -0.278. The Kier molecular flexibility index (Phi) is 5.34. The number of rotatable bonds is 4. The number of carbonyl (C=O) groups is 1. The van der Waals surface area contributed by atoms with Crippen molar-refractivity contribution in [2.45, 2.75) is 26.3 Å². The van der Waals surface area contributed by atoms with E-state index < -0.39 is 10.0 Å². The van der Waals surface area contributed by atoms with E-state index in [9.17, 15) is 13.2 Å². The number of fused-ring (bicyclic) bond motifs is 1. The molecule has 0 radical (unpaired) electrons. The molecule has 0 aliphatic carbocycles. The Balaban J connectivity index is 1.57. The minimum Gasteiger partial charge on any atom is -0.298 e. The molecule has 156 valence electrons. The number of halogens is 1. The number of hydrogen-bond donors (Lipinski definition) is 1. The summed E-state index contributed by atoms with van der Waals surface area (Å²) in [5, 5.41) is 4.02. The molecule has 0 spiro atoms. The average molecular weight is 462 g/mol. The van der Waals surface area contributed by atoms with Crippen molar-refractivity contribution in [3.05, 3.63) is 63.5 Å². The number of carbonyl (C=O) groups excluding carboxylic acids is 1. The van der Waals surface area contributed by atoms with Crippen LogP contribution in [0.3, 0.4) is 0 Å². The summed E-state index contributed by atoms with van der Waals surface area (Å²) < 4.78 is 25.5. The van der Waals surface area contributed by atoms with Crippen LogP contribution in [-0.4, -0.2) is 31.6 Å². The molecule has 2 aromatic carbocycles. The third kappa shape index (κ3) is 3.95. The first-order valence-electron chi connectivity index (χ1n) is 9.30. The Labute approximate surface area is 184 Å². The summed E-state index contributed by atoms with van der Waals surface area (Å²) in [5.41, 5.74) is 3.69. The third-order valence-corrected chi connectivity index (χ3v) is 7.40. The maximum Gasteiger partial charge on any atom is 0.257 e. The lowest BCUT2D eigenvalue weighted by molar-refractivity contribution is 0.102. The van der Waals surface area contributed by atoms with Crippen LogP contribution in [0.15, 0.2) is 42.5 Å². The van der Waals surface area contributed by atoms with Gasteiger partial charge in [-0.15, -0.1) is 11.3 Å². The fourth-order valence-corrected chi connectivity index (χ4v) is 5.96. The SMILES string of the molecule is Cc1sc(NC(=O)c2ccc3c(c2)C[C@H](C)N3S(C)(=O)=O)nc1-c1ccc(Cl)cc1. The molecule has 1 aliphatic heterocycles. The van der Waals surface area contributed by atoms with Gasteiger partial charge in [-0.3, -0.25) is 14.4 Å². The fourth-order valence-electron chi connectivity index (χ4n) is 3.74. The van der Waals surface area contributed by atoms with Crippen molar-refractivity contribution in [1.82, 2.24) is 4.98 Å². The first-order valence-corrected chi connectivity index (χ1v) is 12.3. The lowest BCUT2D eigenvalue weighted by atomic mass is 10.1. The van der Waals surface area contributed by atoms with Crippen LogP contribution in [0.25, 0.3) is 11.3 Å². The summed E-state index contributed by atoms with van der Waals surface area (Å²) in [6.07, 6.45) is 1.77. The predicted octanol–water partition coefficient (Wildman–Crippen LogP) is 4.73.